The minimum atomic E-state index is -0.479. The maximum Gasteiger partial charge on any atom is 0.261 e. The van der Waals surface area contributed by atoms with Crippen LogP contribution in [0.5, 0.6) is 11.5 Å². The van der Waals surface area contributed by atoms with Gasteiger partial charge in [0, 0.05) is 16.0 Å². The van der Waals surface area contributed by atoms with Crippen molar-refractivity contribution in [2.75, 3.05) is 19.5 Å². The molecular weight excluding hydrogens is 379 g/mol. The van der Waals surface area contributed by atoms with Gasteiger partial charge in [0.1, 0.15) is 5.75 Å². The number of thiazole rings is 1. The monoisotopic (exact) mass is 392 g/mol. The molecule has 0 fully saturated rings. The van der Waals surface area contributed by atoms with Crippen LogP contribution in [0.15, 0.2) is 41.8 Å². The molecule has 0 saturated heterocycles. The number of hydrogen-bond acceptors (Lipinski definition) is 5. The van der Waals surface area contributed by atoms with Crippen LogP contribution in [0.3, 0.4) is 0 Å². The SMILES string of the molecule is COc1ccc(-c2csc(NC(=O)c3cc(Cl)ccc3OC)n2)cc1F. The average molecular weight is 393 g/mol. The Morgan fingerprint density at radius 1 is 1.15 bits per heavy atom. The lowest BCUT2D eigenvalue weighted by Gasteiger charge is -2.08. The summed E-state index contributed by atoms with van der Waals surface area (Å²) in [6.07, 6.45) is 0. The Morgan fingerprint density at radius 3 is 2.58 bits per heavy atom. The second-order valence-corrected chi connectivity index (χ2v) is 6.48. The van der Waals surface area contributed by atoms with Crippen molar-refractivity contribution in [2.45, 2.75) is 0 Å². The zero-order chi connectivity index (χ0) is 18.7. The fourth-order valence-electron chi connectivity index (χ4n) is 2.31. The predicted octanol–water partition coefficient (Wildman–Crippen LogP) is 4.87. The first-order chi connectivity index (χ1) is 12.5. The van der Waals surface area contributed by atoms with E-state index in [1.54, 1.807) is 23.6 Å². The number of benzene rings is 2. The quantitative estimate of drug-likeness (QED) is 0.672. The van der Waals surface area contributed by atoms with Gasteiger partial charge in [0.2, 0.25) is 0 Å². The van der Waals surface area contributed by atoms with Gasteiger partial charge in [-0.1, -0.05) is 11.6 Å². The second kappa shape index (κ2) is 7.72. The van der Waals surface area contributed by atoms with E-state index in [-0.39, 0.29) is 5.75 Å². The van der Waals surface area contributed by atoms with Crippen LogP contribution in [0.2, 0.25) is 5.02 Å². The molecule has 26 heavy (non-hydrogen) atoms. The zero-order valence-electron chi connectivity index (χ0n) is 13.9. The first-order valence-electron chi connectivity index (χ1n) is 7.46. The van der Waals surface area contributed by atoms with E-state index >= 15 is 0 Å². The van der Waals surface area contributed by atoms with Gasteiger partial charge >= 0.3 is 0 Å². The summed E-state index contributed by atoms with van der Waals surface area (Å²) in [5.41, 5.74) is 1.43. The lowest BCUT2D eigenvalue weighted by atomic mass is 10.1. The van der Waals surface area contributed by atoms with E-state index in [1.165, 1.54) is 43.8 Å². The first-order valence-corrected chi connectivity index (χ1v) is 8.72. The van der Waals surface area contributed by atoms with Crippen molar-refractivity contribution in [1.29, 1.82) is 0 Å². The highest BCUT2D eigenvalue weighted by molar-refractivity contribution is 7.14. The highest BCUT2D eigenvalue weighted by Crippen LogP contribution is 2.29. The number of carbonyl (C=O) groups excluding carboxylic acids is 1. The van der Waals surface area contributed by atoms with E-state index in [2.05, 4.69) is 10.3 Å². The van der Waals surface area contributed by atoms with Crippen molar-refractivity contribution in [3.63, 3.8) is 0 Å². The van der Waals surface area contributed by atoms with Crippen LogP contribution in [-0.2, 0) is 0 Å². The van der Waals surface area contributed by atoms with Crippen molar-refractivity contribution in [3.8, 4) is 22.8 Å². The Morgan fingerprint density at radius 2 is 1.88 bits per heavy atom. The maximum absolute atomic E-state index is 13.9. The van der Waals surface area contributed by atoms with E-state index < -0.39 is 11.7 Å². The van der Waals surface area contributed by atoms with Gasteiger partial charge in [-0.2, -0.15) is 0 Å². The third kappa shape index (κ3) is 3.79. The van der Waals surface area contributed by atoms with Crippen LogP contribution in [0.25, 0.3) is 11.3 Å². The smallest absolute Gasteiger partial charge is 0.261 e. The standard InChI is InChI=1S/C18H14ClFN2O3S/c1-24-15-6-4-11(19)8-12(15)17(23)22-18-21-14(9-26-18)10-3-5-16(25-2)13(20)7-10/h3-9H,1-2H3,(H,21,22,23). The van der Waals surface area contributed by atoms with Gasteiger partial charge in [-0.15, -0.1) is 11.3 Å². The molecule has 0 radical (unpaired) electrons. The highest BCUT2D eigenvalue weighted by Gasteiger charge is 2.15. The molecule has 0 spiro atoms. The predicted molar refractivity (Wildman–Crippen MR) is 100 cm³/mol. The summed E-state index contributed by atoms with van der Waals surface area (Å²) >= 11 is 7.18. The summed E-state index contributed by atoms with van der Waals surface area (Å²) in [5.74, 6) is -0.315. The molecule has 3 aromatic rings. The van der Waals surface area contributed by atoms with Crippen molar-refractivity contribution in [3.05, 3.63) is 58.2 Å². The molecule has 0 atom stereocenters. The number of rotatable bonds is 5. The Kier molecular flexibility index (Phi) is 5.39. The van der Waals surface area contributed by atoms with Crippen molar-refractivity contribution in [2.24, 2.45) is 0 Å². The largest absolute Gasteiger partial charge is 0.496 e. The fraction of sp³-hybridized carbons (Fsp3) is 0.111. The topological polar surface area (TPSA) is 60.5 Å². The molecule has 8 heteroatoms. The van der Waals surface area contributed by atoms with Crippen LogP contribution in [0.1, 0.15) is 10.4 Å². The van der Waals surface area contributed by atoms with E-state index in [4.69, 9.17) is 21.1 Å². The third-order valence-electron chi connectivity index (χ3n) is 3.58. The molecule has 5 nitrogen and oxygen atoms in total. The van der Waals surface area contributed by atoms with E-state index in [0.29, 0.717) is 32.7 Å². The number of nitrogens with one attached hydrogen (secondary N) is 1. The second-order valence-electron chi connectivity index (χ2n) is 5.19. The van der Waals surface area contributed by atoms with Gasteiger partial charge in [0.15, 0.2) is 16.7 Å². The summed E-state index contributed by atoms with van der Waals surface area (Å²) < 4.78 is 23.9. The van der Waals surface area contributed by atoms with Gasteiger partial charge in [-0.25, -0.2) is 9.37 Å². The van der Waals surface area contributed by atoms with Crippen LogP contribution >= 0.6 is 22.9 Å². The third-order valence-corrected chi connectivity index (χ3v) is 4.57. The number of methoxy groups -OCH3 is 2. The number of anilines is 1. The molecule has 0 saturated carbocycles. The van der Waals surface area contributed by atoms with E-state index in [9.17, 15) is 9.18 Å². The Balaban J connectivity index is 1.81. The summed E-state index contributed by atoms with van der Waals surface area (Å²) in [6.45, 7) is 0. The van der Waals surface area contributed by atoms with Crippen LogP contribution in [0, 0.1) is 5.82 Å². The first kappa shape index (κ1) is 18.2. The molecule has 1 amide bonds. The number of aromatic nitrogens is 1. The molecule has 0 unspecified atom stereocenters. The van der Waals surface area contributed by atoms with E-state index in [0.717, 1.165) is 0 Å². The minimum Gasteiger partial charge on any atom is -0.496 e. The number of carbonyl (C=O) groups is 1. The zero-order valence-corrected chi connectivity index (χ0v) is 15.5. The van der Waals surface area contributed by atoms with Crippen molar-refractivity contribution >= 4 is 34.0 Å². The van der Waals surface area contributed by atoms with Gasteiger partial charge in [0.25, 0.3) is 5.91 Å². The molecular formula is C18H14ClFN2O3S. The summed E-state index contributed by atoms with van der Waals surface area (Å²) in [6, 6.07) is 9.33. The molecule has 3 rings (SSSR count). The summed E-state index contributed by atoms with van der Waals surface area (Å²) in [4.78, 5) is 16.8. The Labute approximate surface area is 158 Å². The molecule has 2 aromatic carbocycles. The molecule has 1 N–H and O–H groups in total. The molecule has 134 valence electrons. The van der Waals surface area contributed by atoms with Crippen LogP contribution < -0.4 is 14.8 Å². The van der Waals surface area contributed by atoms with Gasteiger partial charge < -0.3 is 9.47 Å². The number of ether oxygens (including phenoxy) is 2. The fourth-order valence-corrected chi connectivity index (χ4v) is 3.20. The van der Waals surface area contributed by atoms with Crippen molar-refractivity contribution in [1.82, 2.24) is 4.98 Å². The van der Waals surface area contributed by atoms with E-state index in [1.807, 2.05) is 0 Å². The van der Waals surface area contributed by atoms with Gasteiger partial charge in [0.05, 0.1) is 25.5 Å². The number of nitrogens with zero attached hydrogens (tertiary/aromatic N) is 1. The van der Waals surface area contributed by atoms with Crippen molar-refractivity contribution < 1.29 is 18.7 Å². The van der Waals surface area contributed by atoms with Crippen LogP contribution in [0.4, 0.5) is 9.52 Å². The van der Waals surface area contributed by atoms with Gasteiger partial charge in [-0.05, 0) is 36.4 Å². The van der Waals surface area contributed by atoms with Crippen LogP contribution in [-0.4, -0.2) is 25.1 Å². The lowest BCUT2D eigenvalue weighted by Crippen LogP contribution is -2.13. The molecule has 0 aliphatic carbocycles. The average Bonchev–Trinajstić information content (AvgIpc) is 3.10. The number of halogens is 2. The molecule has 1 aromatic heterocycles. The molecule has 0 bridgehead atoms. The molecule has 1 heterocycles. The maximum atomic E-state index is 13.9. The number of amides is 1. The Hall–Kier alpha value is -2.64. The highest BCUT2D eigenvalue weighted by atomic mass is 35.5. The molecule has 0 aliphatic heterocycles. The summed E-state index contributed by atoms with van der Waals surface area (Å²) in [7, 11) is 2.87. The number of hydrogen-bond donors (Lipinski definition) is 1. The Bertz CT molecular complexity index is 961. The minimum absolute atomic E-state index is 0.158. The normalized spacial score (nSPS) is 10.5. The summed E-state index contributed by atoms with van der Waals surface area (Å²) in [5, 5.41) is 5.23. The van der Waals surface area contributed by atoms with Gasteiger partial charge in [-0.3, -0.25) is 10.1 Å². The lowest BCUT2D eigenvalue weighted by molar-refractivity contribution is 0.102. The molecule has 0 aliphatic rings.